The van der Waals surface area contributed by atoms with Crippen molar-refractivity contribution in [3.05, 3.63) is 0 Å². The smallest absolute Gasteiger partial charge is 0.324 e. The zero-order chi connectivity index (χ0) is 13.3. The summed E-state index contributed by atoms with van der Waals surface area (Å²) < 4.78 is 29.9. The van der Waals surface area contributed by atoms with Gasteiger partial charge >= 0.3 is 5.97 Å². The molecule has 0 N–H and O–H groups in total. The molecule has 0 radical (unpaired) electrons. The van der Waals surface area contributed by atoms with Gasteiger partial charge in [-0.3, -0.25) is 4.79 Å². The van der Waals surface area contributed by atoms with Crippen LogP contribution < -0.4 is 0 Å². The predicted octanol–water partition coefficient (Wildman–Crippen LogP) is 0.902. The van der Waals surface area contributed by atoms with E-state index >= 15 is 0 Å². The molecule has 0 aromatic carbocycles. The van der Waals surface area contributed by atoms with Crippen LogP contribution >= 0.6 is 0 Å². The van der Waals surface area contributed by atoms with Crippen LogP contribution in [0.15, 0.2) is 0 Å². The Bertz CT molecular complexity index is 388. The van der Waals surface area contributed by atoms with Crippen LogP contribution in [-0.4, -0.2) is 52.2 Å². The summed E-state index contributed by atoms with van der Waals surface area (Å²) in [5.41, 5.74) is 0. The molecule has 1 heterocycles. The fourth-order valence-corrected chi connectivity index (χ4v) is 6.30. The summed E-state index contributed by atoms with van der Waals surface area (Å²) in [5.74, 6) is -0.302. The Kier molecular flexibility index (Phi) is 4.37. The van der Waals surface area contributed by atoms with Gasteiger partial charge in [-0.25, -0.2) is 8.42 Å². The lowest BCUT2D eigenvalue weighted by atomic mass is 10.1. The fraction of sp³-hybridized carbons (Fsp3) is 0.900. The summed E-state index contributed by atoms with van der Waals surface area (Å²) in [6.45, 7) is 6.84. The van der Waals surface area contributed by atoms with Crippen LogP contribution in [0.3, 0.4) is 0 Å². The first-order valence-corrected chi connectivity index (χ1v) is 11.1. The maximum Gasteiger partial charge on any atom is 0.324 e. The Morgan fingerprint density at radius 1 is 1.41 bits per heavy atom. The van der Waals surface area contributed by atoms with Crippen molar-refractivity contribution < 1.29 is 17.9 Å². The van der Waals surface area contributed by atoms with Crippen molar-refractivity contribution in [2.24, 2.45) is 0 Å². The first kappa shape index (κ1) is 14.7. The first-order chi connectivity index (χ1) is 7.67. The van der Waals surface area contributed by atoms with Gasteiger partial charge in [0.2, 0.25) is 10.0 Å². The van der Waals surface area contributed by atoms with Gasteiger partial charge in [0.05, 0.1) is 12.9 Å². The van der Waals surface area contributed by atoms with Gasteiger partial charge in [-0.05, 0) is 12.5 Å². The van der Waals surface area contributed by atoms with Crippen LogP contribution in [-0.2, 0) is 19.6 Å². The fourth-order valence-electron chi connectivity index (χ4n) is 1.62. The standard InChI is InChI=1S/C10H21NO4SSi/c1-15-10(12)9-5-6-11(9)16(13,14)7-8-17(2,3)4/h9H,5-8H2,1-4H3. The number of ether oxygens (including phenoxy) is 1. The van der Waals surface area contributed by atoms with Gasteiger partial charge in [-0.15, -0.1) is 0 Å². The van der Waals surface area contributed by atoms with E-state index in [1.165, 1.54) is 11.4 Å². The summed E-state index contributed by atoms with van der Waals surface area (Å²) >= 11 is 0. The molecule has 1 aliphatic heterocycles. The Balaban J connectivity index is 2.63. The molecular formula is C10H21NO4SSi. The molecule has 1 unspecified atom stereocenters. The highest BCUT2D eigenvalue weighted by Gasteiger charge is 2.42. The van der Waals surface area contributed by atoms with Crippen molar-refractivity contribution in [1.82, 2.24) is 4.31 Å². The second-order valence-corrected chi connectivity index (χ2v) is 13.2. The van der Waals surface area contributed by atoms with E-state index in [0.29, 0.717) is 13.0 Å². The average Bonchev–Trinajstić information content (AvgIpc) is 2.11. The second-order valence-electron chi connectivity index (χ2n) is 5.57. The molecule has 0 saturated carbocycles. The van der Waals surface area contributed by atoms with Crippen molar-refractivity contribution in [2.45, 2.75) is 38.1 Å². The van der Waals surface area contributed by atoms with Crippen LogP contribution in [0.2, 0.25) is 25.7 Å². The van der Waals surface area contributed by atoms with Gasteiger partial charge in [0, 0.05) is 14.6 Å². The molecule has 0 amide bonds. The lowest BCUT2D eigenvalue weighted by Crippen LogP contribution is -2.56. The summed E-state index contributed by atoms with van der Waals surface area (Å²) in [6, 6.07) is 0.131. The van der Waals surface area contributed by atoms with E-state index in [0.717, 1.165) is 6.04 Å². The predicted molar refractivity (Wildman–Crippen MR) is 69.1 cm³/mol. The highest BCUT2D eigenvalue weighted by molar-refractivity contribution is 7.89. The quantitative estimate of drug-likeness (QED) is 0.554. The second kappa shape index (κ2) is 5.07. The first-order valence-electron chi connectivity index (χ1n) is 5.75. The number of rotatable bonds is 5. The molecule has 1 fully saturated rings. The Morgan fingerprint density at radius 3 is 2.35 bits per heavy atom. The van der Waals surface area contributed by atoms with Crippen LogP contribution in [0.1, 0.15) is 6.42 Å². The van der Waals surface area contributed by atoms with E-state index in [4.69, 9.17) is 0 Å². The molecule has 0 bridgehead atoms. The van der Waals surface area contributed by atoms with E-state index in [1.54, 1.807) is 0 Å². The summed E-state index contributed by atoms with van der Waals surface area (Å²) in [4.78, 5) is 11.3. The van der Waals surface area contributed by atoms with Crippen molar-refractivity contribution in [2.75, 3.05) is 19.4 Å². The molecule has 0 aromatic heterocycles. The number of methoxy groups -OCH3 is 1. The van der Waals surface area contributed by atoms with Crippen molar-refractivity contribution in [3.63, 3.8) is 0 Å². The maximum atomic E-state index is 12.0. The maximum absolute atomic E-state index is 12.0. The lowest BCUT2D eigenvalue weighted by molar-refractivity contribution is -0.148. The Labute approximate surface area is 104 Å². The van der Waals surface area contributed by atoms with Crippen LogP contribution in [0, 0.1) is 0 Å². The highest BCUT2D eigenvalue weighted by atomic mass is 32.2. The van der Waals surface area contributed by atoms with Crippen LogP contribution in [0.5, 0.6) is 0 Å². The van der Waals surface area contributed by atoms with Crippen LogP contribution in [0.25, 0.3) is 0 Å². The van der Waals surface area contributed by atoms with E-state index in [2.05, 4.69) is 24.4 Å². The Morgan fingerprint density at radius 2 is 2.00 bits per heavy atom. The normalized spacial score (nSPS) is 22.0. The number of carbonyl (C=O) groups excluding carboxylic acids is 1. The average molecular weight is 279 g/mol. The molecule has 1 atom stereocenters. The van der Waals surface area contributed by atoms with E-state index < -0.39 is 30.1 Å². The molecule has 1 rings (SSSR count). The highest BCUT2D eigenvalue weighted by Crippen LogP contribution is 2.24. The molecule has 100 valence electrons. The molecule has 0 aromatic rings. The molecule has 1 aliphatic rings. The van der Waals surface area contributed by atoms with E-state index in [1.807, 2.05) is 0 Å². The molecule has 5 nitrogen and oxygen atoms in total. The third-order valence-corrected chi connectivity index (χ3v) is 6.90. The van der Waals surface area contributed by atoms with Crippen molar-refractivity contribution in [1.29, 1.82) is 0 Å². The SMILES string of the molecule is COC(=O)C1CCN1S(=O)(=O)CC[Si](C)(C)C. The number of hydrogen-bond acceptors (Lipinski definition) is 4. The van der Waals surface area contributed by atoms with Gasteiger partial charge in [0.1, 0.15) is 6.04 Å². The molecule has 7 heteroatoms. The third-order valence-electron chi connectivity index (χ3n) is 2.91. The summed E-state index contributed by atoms with van der Waals surface area (Å²) in [7, 11) is -3.39. The monoisotopic (exact) mass is 279 g/mol. The summed E-state index contributed by atoms with van der Waals surface area (Å²) in [5, 5.41) is 0. The minimum atomic E-state index is -3.29. The number of esters is 1. The number of hydrogen-bond donors (Lipinski definition) is 0. The zero-order valence-corrected chi connectivity index (χ0v) is 12.7. The Hall–Kier alpha value is -0.403. The number of sulfonamides is 1. The van der Waals surface area contributed by atoms with Gasteiger partial charge < -0.3 is 4.74 Å². The van der Waals surface area contributed by atoms with Gasteiger partial charge in [0.15, 0.2) is 0 Å². The minimum absolute atomic E-state index is 0.149. The van der Waals surface area contributed by atoms with E-state index in [-0.39, 0.29) is 5.75 Å². The largest absolute Gasteiger partial charge is 0.468 e. The third kappa shape index (κ3) is 3.79. The molecule has 17 heavy (non-hydrogen) atoms. The number of carbonyl (C=O) groups is 1. The minimum Gasteiger partial charge on any atom is -0.468 e. The van der Waals surface area contributed by atoms with Gasteiger partial charge in [0.25, 0.3) is 0 Å². The van der Waals surface area contributed by atoms with Crippen molar-refractivity contribution in [3.8, 4) is 0 Å². The topological polar surface area (TPSA) is 63.7 Å². The summed E-state index contributed by atoms with van der Waals surface area (Å²) in [6.07, 6.45) is 0.568. The van der Waals surface area contributed by atoms with Crippen LogP contribution in [0.4, 0.5) is 0 Å². The molecule has 0 spiro atoms. The van der Waals surface area contributed by atoms with Gasteiger partial charge in [-0.2, -0.15) is 4.31 Å². The molecule has 1 saturated heterocycles. The number of nitrogens with zero attached hydrogens (tertiary/aromatic N) is 1. The molecule has 0 aliphatic carbocycles. The van der Waals surface area contributed by atoms with Crippen molar-refractivity contribution >= 4 is 24.1 Å². The molecular weight excluding hydrogens is 258 g/mol. The lowest BCUT2D eigenvalue weighted by Gasteiger charge is -2.37. The van der Waals surface area contributed by atoms with Gasteiger partial charge in [-0.1, -0.05) is 19.6 Å². The van der Waals surface area contributed by atoms with E-state index in [9.17, 15) is 13.2 Å². The zero-order valence-electron chi connectivity index (χ0n) is 10.9.